The first kappa shape index (κ1) is 13.0. The van der Waals surface area contributed by atoms with Crippen molar-refractivity contribution in [1.29, 1.82) is 0 Å². The largest absolute Gasteiger partial charge is 0.453 e. The van der Waals surface area contributed by atoms with Gasteiger partial charge in [-0.15, -0.1) is 0 Å². The van der Waals surface area contributed by atoms with Crippen molar-refractivity contribution in [2.45, 2.75) is 0 Å². The minimum atomic E-state index is -0.564. The molecule has 0 bridgehead atoms. The van der Waals surface area contributed by atoms with E-state index in [0.717, 1.165) is 0 Å². The van der Waals surface area contributed by atoms with Gasteiger partial charge in [-0.2, -0.15) is 0 Å². The summed E-state index contributed by atoms with van der Waals surface area (Å²) in [6, 6.07) is 6.71. The SMILES string of the molecule is COCC(=O)Nc1cccc(NC(=O)OC)c1. The van der Waals surface area contributed by atoms with Gasteiger partial charge in [0.1, 0.15) is 6.61 Å². The molecule has 6 heteroatoms. The molecule has 0 heterocycles. The van der Waals surface area contributed by atoms with Gasteiger partial charge < -0.3 is 14.8 Å². The highest BCUT2D eigenvalue weighted by Gasteiger charge is 2.04. The molecule has 0 aliphatic heterocycles. The Morgan fingerprint density at radius 2 is 1.82 bits per heavy atom. The van der Waals surface area contributed by atoms with Gasteiger partial charge in [-0.3, -0.25) is 10.1 Å². The number of nitrogens with one attached hydrogen (secondary N) is 2. The molecule has 0 radical (unpaired) electrons. The van der Waals surface area contributed by atoms with Crippen LogP contribution in [0.2, 0.25) is 0 Å². The second-order valence-electron chi connectivity index (χ2n) is 3.18. The van der Waals surface area contributed by atoms with E-state index in [1.165, 1.54) is 14.2 Å². The summed E-state index contributed by atoms with van der Waals surface area (Å²) >= 11 is 0. The van der Waals surface area contributed by atoms with Crippen molar-refractivity contribution in [1.82, 2.24) is 0 Å². The highest BCUT2D eigenvalue weighted by molar-refractivity contribution is 5.93. The molecule has 0 spiro atoms. The first-order chi connectivity index (χ1) is 8.15. The fourth-order valence-electron chi connectivity index (χ4n) is 1.17. The standard InChI is InChI=1S/C11H14N2O4/c1-16-7-10(14)12-8-4-3-5-9(6-8)13-11(15)17-2/h3-6H,7H2,1-2H3,(H,12,14)(H,13,15). The van der Waals surface area contributed by atoms with Gasteiger partial charge in [-0.25, -0.2) is 4.79 Å². The summed E-state index contributed by atoms with van der Waals surface area (Å²) in [4.78, 5) is 22.2. The van der Waals surface area contributed by atoms with Crippen LogP contribution in [-0.2, 0) is 14.3 Å². The van der Waals surface area contributed by atoms with Crippen molar-refractivity contribution in [3.63, 3.8) is 0 Å². The van der Waals surface area contributed by atoms with Crippen LogP contribution in [0.4, 0.5) is 16.2 Å². The quantitative estimate of drug-likeness (QED) is 0.832. The first-order valence-electron chi connectivity index (χ1n) is 4.89. The normalized spacial score (nSPS) is 9.53. The number of benzene rings is 1. The number of hydrogen-bond donors (Lipinski definition) is 2. The van der Waals surface area contributed by atoms with Crippen molar-refractivity contribution in [2.24, 2.45) is 0 Å². The molecule has 0 aliphatic carbocycles. The molecular formula is C11H14N2O4. The van der Waals surface area contributed by atoms with Crippen LogP contribution in [0.15, 0.2) is 24.3 Å². The van der Waals surface area contributed by atoms with E-state index in [4.69, 9.17) is 0 Å². The highest BCUT2D eigenvalue weighted by Crippen LogP contribution is 2.15. The van der Waals surface area contributed by atoms with Crippen LogP contribution in [0.3, 0.4) is 0 Å². The Labute approximate surface area is 98.9 Å². The van der Waals surface area contributed by atoms with E-state index >= 15 is 0 Å². The van der Waals surface area contributed by atoms with Crippen molar-refractivity contribution in [3.05, 3.63) is 24.3 Å². The molecule has 0 aliphatic rings. The van der Waals surface area contributed by atoms with Gasteiger partial charge in [0.2, 0.25) is 5.91 Å². The molecule has 6 nitrogen and oxygen atoms in total. The van der Waals surface area contributed by atoms with Crippen LogP contribution >= 0.6 is 0 Å². The zero-order valence-corrected chi connectivity index (χ0v) is 9.65. The van der Waals surface area contributed by atoms with Crippen molar-refractivity contribution < 1.29 is 19.1 Å². The van der Waals surface area contributed by atoms with E-state index in [9.17, 15) is 9.59 Å². The average Bonchev–Trinajstić information content (AvgIpc) is 2.29. The number of carbonyl (C=O) groups is 2. The average molecular weight is 238 g/mol. The summed E-state index contributed by atoms with van der Waals surface area (Å²) in [7, 11) is 2.72. The molecule has 0 saturated carbocycles. The summed E-state index contributed by atoms with van der Waals surface area (Å²) in [6.45, 7) is -0.0192. The van der Waals surface area contributed by atoms with E-state index in [0.29, 0.717) is 11.4 Å². The van der Waals surface area contributed by atoms with E-state index in [-0.39, 0.29) is 12.5 Å². The van der Waals surface area contributed by atoms with Gasteiger partial charge in [0.05, 0.1) is 7.11 Å². The Balaban J connectivity index is 2.65. The molecular weight excluding hydrogens is 224 g/mol. The smallest absolute Gasteiger partial charge is 0.411 e. The Hall–Kier alpha value is -2.08. The third kappa shape index (κ3) is 4.52. The second kappa shape index (κ2) is 6.49. The summed E-state index contributed by atoms with van der Waals surface area (Å²) in [5.74, 6) is -0.261. The molecule has 17 heavy (non-hydrogen) atoms. The third-order valence-electron chi connectivity index (χ3n) is 1.85. The van der Waals surface area contributed by atoms with Crippen LogP contribution in [0.25, 0.3) is 0 Å². The molecule has 1 aromatic rings. The Morgan fingerprint density at radius 3 is 2.41 bits per heavy atom. The van der Waals surface area contributed by atoms with Crippen molar-refractivity contribution in [2.75, 3.05) is 31.5 Å². The minimum absolute atomic E-state index is 0.0192. The second-order valence-corrected chi connectivity index (χ2v) is 3.18. The molecule has 0 atom stereocenters. The number of ether oxygens (including phenoxy) is 2. The molecule has 2 N–H and O–H groups in total. The van der Waals surface area contributed by atoms with Gasteiger partial charge >= 0.3 is 6.09 Å². The maximum Gasteiger partial charge on any atom is 0.411 e. The zero-order chi connectivity index (χ0) is 12.7. The monoisotopic (exact) mass is 238 g/mol. The lowest BCUT2D eigenvalue weighted by atomic mass is 10.3. The molecule has 0 saturated heterocycles. The molecule has 0 fully saturated rings. The van der Waals surface area contributed by atoms with E-state index < -0.39 is 6.09 Å². The summed E-state index contributed by atoms with van der Waals surface area (Å²) in [5.41, 5.74) is 1.10. The number of amides is 2. The van der Waals surface area contributed by atoms with Crippen molar-refractivity contribution in [3.8, 4) is 0 Å². The van der Waals surface area contributed by atoms with Gasteiger partial charge in [-0.05, 0) is 18.2 Å². The topological polar surface area (TPSA) is 76.7 Å². The van der Waals surface area contributed by atoms with E-state index in [1.807, 2.05) is 0 Å². The van der Waals surface area contributed by atoms with Crippen LogP contribution < -0.4 is 10.6 Å². The first-order valence-corrected chi connectivity index (χ1v) is 4.89. The van der Waals surface area contributed by atoms with Crippen LogP contribution in [0.1, 0.15) is 0 Å². The van der Waals surface area contributed by atoms with Gasteiger partial charge in [0.25, 0.3) is 0 Å². The summed E-state index contributed by atoms with van der Waals surface area (Å²) in [6.07, 6.45) is -0.564. The van der Waals surface area contributed by atoms with Crippen molar-refractivity contribution >= 4 is 23.4 Å². The molecule has 0 aromatic heterocycles. The van der Waals surface area contributed by atoms with Crippen LogP contribution in [0, 0.1) is 0 Å². The van der Waals surface area contributed by atoms with E-state index in [1.54, 1.807) is 24.3 Å². The molecule has 2 amide bonds. The highest BCUT2D eigenvalue weighted by atomic mass is 16.5. The lowest BCUT2D eigenvalue weighted by molar-refractivity contribution is -0.119. The Kier molecular flexibility index (Phi) is 4.96. The van der Waals surface area contributed by atoms with Gasteiger partial charge in [-0.1, -0.05) is 6.07 Å². The zero-order valence-electron chi connectivity index (χ0n) is 9.65. The maximum atomic E-state index is 11.3. The Bertz CT molecular complexity index is 406. The predicted octanol–water partition coefficient (Wildman–Crippen LogP) is 1.45. The third-order valence-corrected chi connectivity index (χ3v) is 1.85. The summed E-state index contributed by atoms with van der Waals surface area (Å²) < 4.78 is 9.14. The number of anilines is 2. The molecule has 1 aromatic carbocycles. The van der Waals surface area contributed by atoms with Gasteiger partial charge in [0, 0.05) is 18.5 Å². The van der Waals surface area contributed by atoms with E-state index in [2.05, 4.69) is 20.1 Å². The molecule has 92 valence electrons. The summed E-state index contributed by atoms with van der Waals surface area (Å²) in [5, 5.41) is 5.11. The Morgan fingerprint density at radius 1 is 1.18 bits per heavy atom. The maximum absolute atomic E-state index is 11.3. The lowest BCUT2D eigenvalue weighted by Crippen LogP contribution is -2.17. The number of hydrogen-bond acceptors (Lipinski definition) is 4. The fraction of sp³-hybridized carbons (Fsp3) is 0.273. The number of carbonyl (C=O) groups excluding carboxylic acids is 2. The van der Waals surface area contributed by atoms with Crippen LogP contribution in [0.5, 0.6) is 0 Å². The number of rotatable bonds is 4. The lowest BCUT2D eigenvalue weighted by Gasteiger charge is -2.07. The molecule has 0 unspecified atom stereocenters. The number of methoxy groups -OCH3 is 2. The van der Waals surface area contributed by atoms with Crippen LogP contribution in [-0.4, -0.2) is 32.8 Å². The molecule has 1 rings (SSSR count). The fourth-order valence-corrected chi connectivity index (χ4v) is 1.17. The van der Waals surface area contributed by atoms with Gasteiger partial charge in [0.15, 0.2) is 0 Å². The minimum Gasteiger partial charge on any atom is -0.453 e. The predicted molar refractivity (Wildman–Crippen MR) is 63.0 cm³/mol.